The van der Waals surface area contributed by atoms with Crippen molar-refractivity contribution in [3.05, 3.63) is 21.9 Å². The summed E-state index contributed by atoms with van der Waals surface area (Å²) in [6, 6.07) is 2.59. The van der Waals surface area contributed by atoms with Crippen LogP contribution in [0.15, 0.2) is 11.4 Å². The standard InChI is InChI=1S/C9H13NOS/c1-7-2-5-12-9(7)8-6-11-4-3-10-8/h2,5,8,10H,3-4,6H2,1H3. The van der Waals surface area contributed by atoms with Gasteiger partial charge in [0.2, 0.25) is 0 Å². The number of ether oxygens (including phenoxy) is 1. The largest absolute Gasteiger partial charge is 0.378 e. The van der Waals surface area contributed by atoms with Crippen molar-refractivity contribution in [1.29, 1.82) is 0 Å². The molecule has 0 bridgehead atoms. The molecule has 1 aromatic rings. The molecule has 2 rings (SSSR count). The van der Waals surface area contributed by atoms with Crippen molar-refractivity contribution in [3.8, 4) is 0 Å². The first-order chi connectivity index (χ1) is 5.88. The predicted octanol–water partition coefficient (Wildman–Crippen LogP) is 1.72. The van der Waals surface area contributed by atoms with Crippen LogP contribution >= 0.6 is 11.3 Å². The number of nitrogens with one attached hydrogen (secondary N) is 1. The van der Waals surface area contributed by atoms with Gasteiger partial charge in [0, 0.05) is 11.4 Å². The molecule has 1 aliphatic heterocycles. The van der Waals surface area contributed by atoms with Crippen molar-refractivity contribution < 1.29 is 4.74 Å². The number of rotatable bonds is 1. The molecule has 66 valence electrons. The van der Waals surface area contributed by atoms with Crippen LogP contribution in [0.5, 0.6) is 0 Å². The van der Waals surface area contributed by atoms with Gasteiger partial charge >= 0.3 is 0 Å². The average molecular weight is 183 g/mol. The van der Waals surface area contributed by atoms with Crippen LogP contribution in [0.25, 0.3) is 0 Å². The zero-order valence-corrected chi connectivity index (χ0v) is 7.99. The Morgan fingerprint density at radius 2 is 2.58 bits per heavy atom. The summed E-state index contributed by atoms with van der Waals surface area (Å²) in [6.45, 7) is 4.80. The molecule has 0 radical (unpaired) electrons. The van der Waals surface area contributed by atoms with Crippen molar-refractivity contribution in [3.63, 3.8) is 0 Å². The lowest BCUT2D eigenvalue weighted by atomic mass is 10.1. The summed E-state index contributed by atoms with van der Waals surface area (Å²) in [4.78, 5) is 1.43. The molecular formula is C9H13NOS. The fourth-order valence-corrected chi connectivity index (χ4v) is 2.46. The SMILES string of the molecule is Cc1ccsc1C1COCCN1. The van der Waals surface area contributed by atoms with E-state index in [1.165, 1.54) is 10.4 Å². The first-order valence-corrected chi connectivity index (χ1v) is 5.11. The van der Waals surface area contributed by atoms with Gasteiger partial charge in [0.25, 0.3) is 0 Å². The number of hydrogen-bond acceptors (Lipinski definition) is 3. The summed E-state index contributed by atoms with van der Waals surface area (Å²) in [5, 5.41) is 5.59. The molecule has 1 fully saturated rings. The van der Waals surface area contributed by atoms with E-state index in [1.54, 1.807) is 0 Å². The van der Waals surface area contributed by atoms with E-state index in [1.807, 2.05) is 11.3 Å². The van der Waals surface area contributed by atoms with E-state index in [9.17, 15) is 0 Å². The second-order valence-electron chi connectivity index (χ2n) is 3.05. The molecule has 1 N–H and O–H groups in total. The lowest BCUT2D eigenvalue weighted by Crippen LogP contribution is -2.34. The number of aryl methyl sites for hydroxylation is 1. The molecule has 1 aromatic heterocycles. The van der Waals surface area contributed by atoms with Crippen molar-refractivity contribution >= 4 is 11.3 Å². The summed E-state index contributed by atoms with van der Waals surface area (Å²) in [7, 11) is 0. The second kappa shape index (κ2) is 3.56. The van der Waals surface area contributed by atoms with E-state index in [0.717, 1.165) is 19.8 Å². The Kier molecular flexibility index (Phi) is 2.44. The number of hydrogen-bond donors (Lipinski definition) is 1. The van der Waals surface area contributed by atoms with Crippen LogP contribution in [0.1, 0.15) is 16.5 Å². The normalized spacial score (nSPS) is 24.2. The van der Waals surface area contributed by atoms with E-state index in [2.05, 4.69) is 23.7 Å². The maximum absolute atomic E-state index is 5.41. The average Bonchev–Trinajstić information content (AvgIpc) is 2.53. The van der Waals surface area contributed by atoms with Crippen molar-refractivity contribution in [1.82, 2.24) is 5.32 Å². The van der Waals surface area contributed by atoms with Gasteiger partial charge in [-0.3, -0.25) is 0 Å². The van der Waals surface area contributed by atoms with Gasteiger partial charge in [0.15, 0.2) is 0 Å². The van der Waals surface area contributed by atoms with Crippen LogP contribution in [0, 0.1) is 6.92 Å². The molecule has 12 heavy (non-hydrogen) atoms. The maximum atomic E-state index is 5.41. The highest BCUT2D eigenvalue weighted by atomic mass is 32.1. The van der Waals surface area contributed by atoms with Crippen molar-refractivity contribution in [2.75, 3.05) is 19.8 Å². The maximum Gasteiger partial charge on any atom is 0.0670 e. The van der Waals surface area contributed by atoms with Crippen LogP contribution in [0.3, 0.4) is 0 Å². The van der Waals surface area contributed by atoms with Gasteiger partial charge in [0.05, 0.1) is 19.3 Å². The fourth-order valence-electron chi connectivity index (χ4n) is 1.48. The molecule has 2 nitrogen and oxygen atoms in total. The highest BCUT2D eigenvalue weighted by molar-refractivity contribution is 7.10. The minimum Gasteiger partial charge on any atom is -0.378 e. The molecule has 1 aliphatic rings. The predicted molar refractivity (Wildman–Crippen MR) is 50.6 cm³/mol. The molecule has 1 saturated heterocycles. The van der Waals surface area contributed by atoms with E-state index >= 15 is 0 Å². The summed E-state index contributed by atoms with van der Waals surface area (Å²) >= 11 is 1.81. The summed E-state index contributed by atoms with van der Waals surface area (Å²) in [5.74, 6) is 0. The van der Waals surface area contributed by atoms with Crippen LogP contribution < -0.4 is 5.32 Å². The van der Waals surface area contributed by atoms with Gasteiger partial charge in [0.1, 0.15) is 0 Å². The first kappa shape index (κ1) is 8.23. The molecule has 1 atom stereocenters. The molecule has 0 amide bonds. The van der Waals surface area contributed by atoms with E-state index < -0.39 is 0 Å². The number of morpholine rings is 1. The van der Waals surface area contributed by atoms with Gasteiger partial charge in [-0.25, -0.2) is 0 Å². The van der Waals surface area contributed by atoms with Gasteiger partial charge in [-0.05, 0) is 23.9 Å². The summed E-state index contributed by atoms with van der Waals surface area (Å²) in [5.41, 5.74) is 1.38. The molecular weight excluding hydrogens is 170 g/mol. The Morgan fingerprint density at radius 1 is 1.67 bits per heavy atom. The zero-order chi connectivity index (χ0) is 8.39. The van der Waals surface area contributed by atoms with Crippen molar-refractivity contribution in [2.45, 2.75) is 13.0 Å². The third-order valence-corrected chi connectivity index (χ3v) is 3.27. The Balaban J connectivity index is 2.13. The fraction of sp³-hybridized carbons (Fsp3) is 0.556. The number of thiophene rings is 1. The molecule has 0 aliphatic carbocycles. The van der Waals surface area contributed by atoms with Crippen LogP contribution in [0.2, 0.25) is 0 Å². The van der Waals surface area contributed by atoms with Gasteiger partial charge in [-0.15, -0.1) is 11.3 Å². The molecule has 1 unspecified atom stereocenters. The summed E-state index contributed by atoms with van der Waals surface area (Å²) in [6.07, 6.45) is 0. The quantitative estimate of drug-likeness (QED) is 0.715. The molecule has 3 heteroatoms. The van der Waals surface area contributed by atoms with E-state index in [-0.39, 0.29) is 0 Å². The first-order valence-electron chi connectivity index (χ1n) is 4.23. The minimum atomic E-state index is 0.429. The third-order valence-electron chi connectivity index (χ3n) is 2.14. The molecule has 0 aromatic carbocycles. The molecule has 2 heterocycles. The minimum absolute atomic E-state index is 0.429. The monoisotopic (exact) mass is 183 g/mol. The Bertz CT molecular complexity index is 253. The Labute approximate surface area is 76.6 Å². The molecule has 0 spiro atoms. The Hall–Kier alpha value is -0.380. The Morgan fingerprint density at radius 3 is 3.17 bits per heavy atom. The highest BCUT2D eigenvalue weighted by Crippen LogP contribution is 2.24. The van der Waals surface area contributed by atoms with E-state index in [0.29, 0.717) is 6.04 Å². The van der Waals surface area contributed by atoms with Crippen LogP contribution in [-0.2, 0) is 4.74 Å². The van der Waals surface area contributed by atoms with Gasteiger partial charge in [-0.2, -0.15) is 0 Å². The lowest BCUT2D eigenvalue weighted by molar-refractivity contribution is 0.0777. The lowest BCUT2D eigenvalue weighted by Gasteiger charge is -2.23. The van der Waals surface area contributed by atoms with Crippen LogP contribution in [-0.4, -0.2) is 19.8 Å². The highest BCUT2D eigenvalue weighted by Gasteiger charge is 2.17. The summed E-state index contributed by atoms with van der Waals surface area (Å²) < 4.78 is 5.41. The van der Waals surface area contributed by atoms with E-state index in [4.69, 9.17) is 4.74 Å². The van der Waals surface area contributed by atoms with Crippen LogP contribution in [0.4, 0.5) is 0 Å². The smallest absolute Gasteiger partial charge is 0.0670 e. The third kappa shape index (κ3) is 1.53. The zero-order valence-electron chi connectivity index (χ0n) is 7.17. The van der Waals surface area contributed by atoms with Gasteiger partial charge in [-0.1, -0.05) is 0 Å². The topological polar surface area (TPSA) is 21.3 Å². The van der Waals surface area contributed by atoms with Crippen molar-refractivity contribution in [2.24, 2.45) is 0 Å². The molecule has 0 saturated carbocycles. The van der Waals surface area contributed by atoms with Gasteiger partial charge < -0.3 is 10.1 Å². The second-order valence-corrected chi connectivity index (χ2v) is 4.00.